The largest absolute Gasteiger partial charge is 0.472 e. The summed E-state index contributed by atoms with van der Waals surface area (Å²) in [5.74, 6) is -2.17. The van der Waals surface area contributed by atoms with Crippen molar-refractivity contribution in [3.8, 4) is 0 Å². The van der Waals surface area contributed by atoms with Crippen LogP contribution < -0.4 is 0 Å². The van der Waals surface area contributed by atoms with E-state index in [9.17, 15) is 43.2 Å². The van der Waals surface area contributed by atoms with Crippen LogP contribution in [0.25, 0.3) is 0 Å². The average Bonchev–Trinajstić information content (AvgIpc) is 1.04. The van der Waals surface area contributed by atoms with Gasteiger partial charge in [0, 0.05) is 25.7 Å². The van der Waals surface area contributed by atoms with Gasteiger partial charge in [0.05, 0.1) is 26.4 Å². The second-order valence-corrected chi connectivity index (χ2v) is 29.9. The molecule has 0 radical (unpaired) electrons. The molecule has 0 heterocycles. The molecular weight excluding hydrogens is 1280 g/mol. The summed E-state index contributed by atoms with van der Waals surface area (Å²) in [7, 11) is -9.94. The molecule has 2 unspecified atom stereocenters. The molecule has 0 saturated carbocycles. The maximum absolute atomic E-state index is 13.1. The van der Waals surface area contributed by atoms with Crippen LogP contribution in [-0.2, 0) is 65.4 Å². The number of unbranched alkanes of at least 4 members (excludes halogenated alkanes) is 42. The number of hydrogen-bond acceptors (Lipinski definition) is 15. The first-order valence-electron chi connectivity index (χ1n) is 39.9. The van der Waals surface area contributed by atoms with E-state index in [2.05, 4.69) is 76.3 Å². The van der Waals surface area contributed by atoms with Crippen LogP contribution in [-0.4, -0.2) is 96.7 Å². The van der Waals surface area contributed by atoms with Gasteiger partial charge in [-0.05, 0) is 109 Å². The van der Waals surface area contributed by atoms with Crippen LogP contribution in [0.5, 0.6) is 0 Å². The van der Waals surface area contributed by atoms with E-state index in [0.717, 1.165) is 141 Å². The first kappa shape index (κ1) is 95.0. The molecule has 0 aromatic rings. The van der Waals surface area contributed by atoms with E-state index in [0.29, 0.717) is 25.7 Å². The van der Waals surface area contributed by atoms with Crippen LogP contribution in [0.4, 0.5) is 0 Å². The summed E-state index contributed by atoms with van der Waals surface area (Å²) >= 11 is 0. The summed E-state index contributed by atoms with van der Waals surface area (Å²) in [6, 6.07) is 0. The second kappa shape index (κ2) is 72.4. The normalized spacial score (nSPS) is 14.2. The van der Waals surface area contributed by atoms with E-state index < -0.39 is 97.5 Å². The predicted molar refractivity (Wildman–Crippen MR) is 400 cm³/mol. The Balaban J connectivity index is 5.33. The Morgan fingerprint density at radius 2 is 0.500 bits per heavy atom. The lowest BCUT2D eigenvalue weighted by Crippen LogP contribution is -2.30. The molecule has 0 aliphatic carbocycles. The number of aliphatic hydroxyl groups excluding tert-OH is 1. The number of carbonyl (C=O) groups is 4. The van der Waals surface area contributed by atoms with Crippen LogP contribution in [0, 0.1) is 0 Å². The van der Waals surface area contributed by atoms with Crippen LogP contribution in [0.15, 0.2) is 48.6 Å². The lowest BCUT2D eigenvalue weighted by Gasteiger charge is -2.21. The first-order valence-corrected chi connectivity index (χ1v) is 42.9. The van der Waals surface area contributed by atoms with Crippen molar-refractivity contribution >= 4 is 39.5 Å². The minimum absolute atomic E-state index is 0.0830. The van der Waals surface area contributed by atoms with E-state index in [4.69, 9.17) is 37.0 Å². The number of allylic oxidation sites excluding steroid dienone is 8. The molecule has 0 fully saturated rings. The second-order valence-electron chi connectivity index (χ2n) is 27.0. The van der Waals surface area contributed by atoms with Crippen molar-refractivity contribution in [3.05, 3.63) is 48.6 Å². The summed E-state index contributed by atoms with van der Waals surface area (Å²) in [6.45, 7) is 4.88. The zero-order valence-electron chi connectivity index (χ0n) is 62.7. The van der Waals surface area contributed by atoms with E-state index >= 15 is 0 Å². The van der Waals surface area contributed by atoms with Crippen molar-refractivity contribution in [1.82, 2.24) is 0 Å². The third-order valence-electron chi connectivity index (χ3n) is 17.3. The van der Waals surface area contributed by atoms with Crippen molar-refractivity contribution in [2.75, 3.05) is 39.6 Å². The van der Waals surface area contributed by atoms with Crippen molar-refractivity contribution in [3.63, 3.8) is 0 Å². The minimum atomic E-state index is -4.97. The molecule has 0 saturated heterocycles. The summed E-state index contributed by atoms with van der Waals surface area (Å²) in [4.78, 5) is 72.9. The smallest absolute Gasteiger partial charge is 0.462 e. The van der Waals surface area contributed by atoms with Gasteiger partial charge in [0.2, 0.25) is 0 Å². The Morgan fingerprint density at radius 3 is 0.796 bits per heavy atom. The number of ether oxygens (including phenoxy) is 4. The number of rotatable bonds is 76. The Bertz CT molecular complexity index is 2050. The Hall–Kier alpha value is -2.98. The molecule has 19 heteroatoms. The van der Waals surface area contributed by atoms with Crippen LogP contribution in [0.2, 0.25) is 0 Å². The summed E-state index contributed by atoms with van der Waals surface area (Å²) in [5.41, 5.74) is 0. The Kier molecular flexibility index (Phi) is 70.2. The summed E-state index contributed by atoms with van der Waals surface area (Å²) < 4.78 is 68.6. The van der Waals surface area contributed by atoms with Crippen molar-refractivity contribution in [2.24, 2.45) is 0 Å². The molecule has 0 spiro atoms. The zero-order valence-corrected chi connectivity index (χ0v) is 64.5. The third-order valence-corrected chi connectivity index (χ3v) is 19.2. The van der Waals surface area contributed by atoms with Gasteiger partial charge in [0.15, 0.2) is 12.2 Å². The monoisotopic (exact) mass is 1430 g/mol. The molecule has 0 aromatic heterocycles. The highest BCUT2D eigenvalue weighted by Gasteiger charge is 2.30. The maximum Gasteiger partial charge on any atom is 0.472 e. The average molecular weight is 1430 g/mol. The predicted octanol–water partition coefficient (Wildman–Crippen LogP) is 22.9. The van der Waals surface area contributed by atoms with E-state index in [1.807, 2.05) is 0 Å². The molecule has 574 valence electrons. The van der Waals surface area contributed by atoms with Gasteiger partial charge < -0.3 is 33.8 Å². The first-order chi connectivity index (χ1) is 47.7. The molecule has 3 N–H and O–H groups in total. The van der Waals surface area contributed by atoms with Crippen LogP contribution >= 0.6 is 15.6 Å². The minimum Gasteiger partial charge on any atom is -0.462 e. The molecule has 98 heavy (non-hydrogen) atoms. The molecule has 5 atom stereocenters. The number of phosphoric acid groups is 2. The van der Waals surface area contributed by atoms with Gasteiger partial charge in [-0.2, -0.15) is 0 Å². The molecular formula is C79H146O17P2. The molecule has 0 aliphatic heterocycles. The van der Waals surface area contributed by atoms with E-state index in [1.165, 1.54) is 154 Å². The number of phosphoric ester groups is 2. The molecule has 0 aromatic carbocycles. The maximum atomic E-state index is 13.1. The van der Waals surface area contributed by atoms with E-state index in [1.54, 1.807) is 0 Å². The molecule has 0 aliphatic rings. The SMILES string of the molecule is CCCCC/C=C\C/C=C\CCCCCCCC(=O)O[C@H](COC(=O)CCCCCCCCC/C=C\CCCCCC)COP(=O)(O)OC[C@@H](O)COP(=O)(O)OC[C@@H](COC(=O)CCCCCCCCCCCCCCC)OC(=O)CCCCCCC/C=C\CCCCCCCC. The highest BCUT2D eigenvalue weighted by molar-refractivity contribution is 7.47. The van der Waals surface area contributed by atoms with Crippen LogP contribution in [0.1, 0.15) is 374 Å². The number of esters is 4. The van der Waals surface area contributed by atoms with Gasteiger partial charge >= 0.3 is 39.5 Å². The van der Waals surface area contributed by atoms with E-state index in [-0.39, 0.29) is 25.7 Å². The molecule has 0 amide bonds. The van der Waals surface area contributed by atoms with Gasteiger partial charge in [0.1, 0.15) is 19.3 Å². The third kappa shape index (κ3) is 71.4. The fourth-order valence-electron chi connectivity index (χ4n) is 11.1. The highest BCUT2D eigenvalue weighted by atomic mass is 31.2. The fraction of sp³-hybridized carbons (Fsp3) is 0.848. The van der Waals surface area contributed by atoms with Crippen molar-refractivity contribution < 1.29 is 80.2 Å². The highest BCUT2D eigenvalue weighted by Crippen LogP contribution is 2.45. The topological polar surface area (TPSA) is 237 Å². The number of hydrogen-bond donors (Lipinski definition) is 3. The quantitative estimate of drug-likeness (QED) is 0.0169. The van der Waals surface area contributed by atoms with Gasteiger partial charge in [0.25, 0.3) is 0 Å². The number of carbonyl (C=O) groups excluding carboxylic acids is 4. The lowest BCUT2D eigenvalue weighted by molar-refractivity contribution is -0.161. The van der Waals surface area contributed by atoms with Gasteiger partial charge in [-0.15, -0.1) is 0 Å². The Labute approximate surface area is 597 Å². The fourth-order valence-corrected chi connectivity index (χ4v) is 12.7. The lowest BCUT2D eigenvalue weighted by atomic mass is 10.0. The molecule has 0 bridgehead atoms. The van der Waals surface area contributed by atoms with Crippen molar-refractivity contribution in [1.29, 1.82) is 0 Å². The number of aliphatic hydroxyl groups is 1. The standard InChI is InChI=1S/C79H146O17P2/c1-5-9-13-17-21-25-29-33-36-40-44-48-52-56-60-64-77(82)90-70-75(96-79(84)66-62-58-54-50-46-42-38-35-31-27-23-19-15-11-7-3)72-94-98(87,88)92-68-73(80)67-91-97(85,86)93-71-74(69-89-76(81)63-59-55-51-47-43-39-32-28-24-20-16-12-8-4)95-78(83)65-61-57-53-49-45-41-37-34-30-26-22-18-14-10-6-2/h23,25,27,29,34-35,37-38,73-75,80H,5-22,24,26,28,30-33,36,39-72H2,1-4H3,(H,85,86)(H,87,88)/b27-23-,29-25-,37-34-,38-35-/t73-,74+,75+/m0/s1. The molecule has 0 rings (SSSR count). The van der Waals surface area contributed by atoms with Gasteiger partial charge in [-0.3, -0.25) is 37.3 Å². The summed E-state index contributed by atoms with van der Waals surface area (Å²) in [6.07, 6.45) is 69.4. The molecule has 17 nitrogen and oxygen atoms in total. The zero-order chi connectivity index (χ0) is 71.8. The summed E-state index contributed by atoms with van der Waals surface area (Å²) in [5, 5.41) is 10.6. The van der Waals surface area contributed by atoms with Gasteiger partial charge in [-0.1, -0.05) is 288 Å². The van der Waals surface area contributed by atoms with Crippen molar-refractivity contribution in [2.45, 2.75) is 393 Å². The van der Waals surface area contributed by atoms with Gasteiger partial charge in [-0.25, -0.2) is 9.13 Å². The van der Waals surface area contributed by atoms with Crippen LogP contribution in [0.3, 0.4) is 0 Å². The Morgan fingerprint density at radius 1 is 0.286 bits per heavy atom.